The highest BCUT2D eigenvalue weighted by atomic mass is 32.1. The van der Waals surface area contributed by atoms with E-state index < -0.39 is 0 Å². The zero-order valence-corrected chi connectivity index (χ0v) is 11.7. The van der Waals surface area contributed by atoms with E-state index in [1.165, 1.54) is 0 Å². The molecule has 1 aliphatic heterocycles. The largest absolute Gasteiger partial charge is 0.389 e. The summed E-state index contributed by atoms with van der Waals surface area (Å²) < 4.78 is 0. The van der Waals surface area contributed by atoms with Crippen LogP contribution < -0.4 is 16.0 Å². The Morgan fingerprint density at radius 3 is 3.05 bits per heavy atom. The van der Waals surface area contributed by atoms with Gasteiger partial charge in [-0.2, -0.15) is 0 Å². The lowest BCUT2D eigenvalue weighted by atomic mass is 9.99. The number of likely N-dealkylation sites (N-methyl/N-ethyl adjacent to an activating group) is 1. The molecule has 3 N–H and O–H groups in total. The third kappa shape index (κ3) is 2.84. The van der Waals surface area contributed by atoms with E-state index in [4.69, 9.17) is 18.0 Å². The first kappa shape index (κ1) is 13.7. The van der Waals surface area contributed by atoms with Crippen molar-refractivity contribution in [3.05, 3.63) is 24.0 Å². The molecule has 0 radical (unpaired) electrons. The Morgan fingerprint density at radius 2 is 2.37 bits per heavy atom. The summed E-state index contributed by atoms with van der Waals surface area (Å²) >= 11 is 5.07. The molecule has 0 bridgehead atoms. The van der Waals surface area contributed by atoms with E-state index in [1.807, 2.05) is 0 Å². The van der Waals surface area contributed by atoms with E-state index in [9.17, 15) is 4.79 Å². The van der Waals surface area contributed by atoms with Crippen molar-refractivity contribution in [2.75, 3.05) is 18.5 Å². The quantitative estimate of drug-likeness (QED) is 0.801. The van der Waals surface area contributed by atoms with Crippen LogP contribution in [0.25, 0.3) is 0 Å². The average Bonchev–Trinajstić information content (AvgIpc) is 2.46. The summed E-state index contributed by atoms with van der Waals surface area (Å²) in [7, 11) is 1.66. The molecule has 1 aromatic rings. The maximum Gasteiger partial charge on any atom is 0.242 e. The van der Waals surface area contributed by atoms with Gasteiger partial charge in [0.1, 0.15) is 11.0 Å². The molecule has 1 amide bonds. The summed E-state index contributed by atoms with van der Waals surface area (Å²) in [5.74, 6) is 0.0254. The molecular formula is C13H18N4OS. The molecule has 1 saturated heterocycles. The number of nitrogens with zero attached hydrogens (tertiary/aromatic N) is 2. The molecule has 19 heavy (non-hydrogen) atoms. The minimum Gasteiger partial charge on any atom is -0.389 e. The van der Waals surface area contributed by atoms with E-state index in [-0.39, 0.29) is 11.9 Å². The molecule has 2 heterocycles. The Kier molecular flexibility index (Phi) is 4.31. The van der Waals surface area contributed by atoms with Gasteiger partial charge in [0, 0.05) is 25.4 Å². The number of nitrogens with one attached hydrogen (secondary N) is 1. The number of pyridine rings is 1. The molecule has 6 heteroatoms. The Hall–Kier alpha value is -1.69. The zero-order valence-electron chi connectivity index (χ0n) is 10.9. The van der Waals surface area contributed by atoms with Crippen molar-refractivity contribution in [2.24, 2.45) is 5.73 Å². The van der Waals surface area contributed by atoms with Gasteiger partial charge < -0.3 is 16.0 Å². The van der Waals surface area contributed by atoms with E-state index in [2.05, 4.69) is 15.2 Å². The highest BCUT2D eigenvalue weighted by molar-refractivity contribution is 7.80. The summed E-state index contributed by atoms with van der Waals surface area (Å²) in [6.45, 7) is 0.819. The van der Waals surface area contributed by atoms with E-state index in [1.54, 1.807) is 25.5 Å². The first-order valence-electron chi connectivity index (χ1n) is 6.37. The smallest absolute Gasteiger partial charge is 0.242 e. The summed E-state index contributed by atoms with van der Waals surface area (Å²) in [5, 5.41) is 2.72. The zero-order chi connectivity index (χ0) is 13.8. The van der Waals surface area contributed by atoms with E-state index in [0.717, 1.165) is 37.1 Å². The number of carbonyl (C=O) groups excluding carboxylic acids is 1. The van der Waals surface area contributed by atoms with Crippen LogP contribution >= 0.6 is 12.2 Å². The van der Waals surface area contributed by atoms with Gasteiger partial charge in [0.15, 0.2) is 0 Å². The van der Waals surface area contributed by atoms with Crippen LogP contribution in [0.4, 0.5) is 5.69 Å². The average molecular weight is 278 g/mol. The Morgan fingerprint density at radius 1 is 1.58 bits per heavy atom. The number of anilines is 1. The standard InChI is InChI=1S/C13H18N4OS/c1-15-13(18)10-4-2-3-7-17(10)11-8-16-6-5-9(11)12(14)19/h5-6,8,10H,2-4,7H2,1H3,(H2,14,19)(H,15,18). The SMILES string of the molecule is CNC(=O)C1CCCCN1c1cnccc1C(N)=S. The highest BCUT2D eigenvalue weighted by Crippen LogP contribution is 2.27. The summed E-state index contributed by atoms with van der Waals surface area (Å²) in [6, 6.07) is 1.63. The Bertz CT molecular complexity index is 491. The molecule has 2 rings (SSSR count). The van der Waals surface area contributed by atoms with Crippen LogP contribution in [0.3, 0.4) is 0 Å². The maximum atomic E-state index is 12.0. The van der Waals surface area contributed by atoms with Crippen LogP contribution in [-0.4, -0.2) is 35.5 Å². The van der Waals surface area contributed by atoms with Crippen molar-refractivity contribution < 1.29 is 4.79 Å². The fourth-order valence-corrected chi connectivity index (χ4v) is 2.66. The van der Waals surface area contributed by atoms with Crippen molar-refractivity contribution in [3.63, 3.8) is 0 Å². The van der Waals surface area contributed by atoms with Gasteiger partial charge in [0.05, 0.1) is 11.9 Å². The monoisotopic (exact) mass is 278 g/mol. The number of carbonyl (C=O) groups is 1. The van der Waals surface area contributed by atoms with Crippen molar-refractivity contribution in [1.29, 1.82) is 0 Å². The topological polar surface area (TPSA) is 71.2 Å². The van der Waals surface area contributed by atoms with E-state index >= 15 is 0 Å². The maximum absolute atomic E-state index is 12.0. The Balaban J connectivity index is 2.37. The van der Waals surface area contributed by atoms with Crippen molar-refractivity contribution >= 4 is 28.8 Å². The number of aromatic nitrogens is 1. The van der Waals surface area contributed by atoms with Gasteiger partial charge >= 0.3 is 0 Å². The molecule has 1 aromatic heterocycles. The number of amides is 1. The molecule has 0 saturated carbocycles. The van der Waals surface area contributed by atoms with Crippen LogP contribution in [-0.2, 0) is 4.79 Å². The third-order valence-electron chi connectivity index (χ3n) is 3.43. The number of thiocarbonyl (C=S) groups is 1. The normalized spacial score (nSPS) is 19.0. The van der Waals surface area contributed by atoms with Crippen LogP contribution in [0.5, 0.6) is 0 Å². The van der Waals surface area contributed by atoms with Crippen LogP contribution in [0, 0.1) is 0 Å². The number of rotatable bonds is 3. The minimum absolute atomic E-state index is 0.0254. The summed E-state index contributed by atoms with van der Waals surface area (Å²) in [5.41, 5.74) is 7.38. The lowest BCUT2D eigenvalue weighted by molar-refractivity contribution is -0.122. The highest BCUT2D eigenvalue weighted by Gasteiger charge is 2.29. The van der Waals surface area contributed by atoms with Crippen molar-refractivity contribution in [2.45, 2.75) is 25.3 Å². The van der Waals surface area contributed by atoms with Gasteiger partial charge in [-0.15, -0.1) is 0 Å². The lowest BCUT2D eigenvalue weighted by Crippen LogP contribution is -2.49. The second kappa shape index (κ2) is 5.97. The van der Waals surface area contributed by atoms with Crippen LogP contribution in [0.2, 0.25) is 0 Å². The van der Waals surface area contributed by atoms with Gasteiger partial charge in [-0.1, -0.05) is 12.2 Å². The van der Waals surface area contributed by atoms with Crippen LogP contribution in [0.15, 0.2) is 18.5 Å². The Labute approximate surface area is 118 Å². The number of nitrogens with two attached hydrogens (primary N) is 1. The van der Waals surface area contributed by atoms with Crippen molar-refractivity contribution in [3.8, 4) is 0 Å². The fourth-order valence-electron chi connectivity index (χ4n) is 2.48. The molecule has 0 aromatic carbocycles. The molecule has 5 nitrogen and oxygen atoms in total. The fraction of sp³-hybridized carbons (Fsp3) is 0.462. The van der Waals surface area contributed by atoms with Gasteiger partial charge in [-0.05, 0) is 25.3 Å². The first-order chi connectivity index (χ1) is 9.15. The molecule has 1 unspecified atom stereocenters. The second-order valence-corrected chi connectivity index (χ2v) is 5.02. The second-order valence-electron chi connectivity index (χ2n) is 4.58. The summed E-state index contributed by atoms with van der Waals surface area (Å²) in [4.78, 5) is 18.5. The lowest BCUT2D eigenvalue weighted by Gasteiger charge is -2.37. The van der Waals surface area contributed by atoms with Gasteiger partial charge in [-0.25, -0.2) is 0 Å². The molecular weight excluding hydrogens is 260 g/mol. The molecule has 0 spiro atoms. The summed E-state index contributed by atoms with van der Waals surface area (Å²) in [6.07, 6.45) is 6.34. The first-order valence-corrected chi connectivity index (χ1v) is 6.78. The van der Waals surface area contributed by atoms with Gasteiger partial charge in [-0.3, -0.25) is 9.78 Å². The number of piperidine rings is 1. The molecule has 1 aliphatic rings. The molecule has 1 fully saturated rings. The number of hydrogen-bond acceptors (Lipinski definition) is 4. The van der Waals surface area contributed by atoms with E-state index in [0.29, 0.717) is 4.99 Å². The van der Waals surface area contributed by atoms with Crippen molar-refractivity contribution in [1.82, 2.24) is 10.3 Å². The third-order valence-corrected chi connectivity index (χ3v) is 3.65. The predicted molar refractivity (Wildman–Crippen MR) is 79.2 cm³/mol. The molecule has 1 atom stereocenters. The predicted octanol–water partition coefficient (Wildman–Crippen LogP) is 0.821. The van der Waals surface area contributed by atoms with Gasteiger partial charge in [0.2, 0.25) is 5.91 Å². The van der Waals surface area contributed by atoms with Crippen LogP contribution in [0.1, 0.15) is 24.8 Å². The number of hydrogen-bond donors (Lipinski definition) is 2. The minimum atomic E-state index is -0.170. The molecule has 0 aliphatic carbocycles. The van der Waals surface area contributed by atoms with Gasteiger partial charge in [0.25, 0.3) is 0 Å². The molecule has 102 valence electrons.